The summed E-state index contributed by atoms with van der Waals surface area (Å²) < 4.78 is 11.0. The summed E-state index contributed by atoms with van der Waals surface area (Å²) in [4.78, 5) is 18.7. The Labute approximate surface area is 162 Å². The van der Waals surface area contributed by atoms with Gasteiger partial charge in [0.15, 0.2) is 0 Å². The van der Waals surface area contributed by atoms with Crippen molar-refractivity contribution >= 4 is 22.9 Å². The summed E-state index contributed by atoms with van der Waals surface area (Å²) in [5, 5.41) is 2.03. The van der Waals surface area contributed by atoms with Crippen LogP contribution in [0.15, 0.2) is 64.6 Å². The minimum atomic E-state index is 0.0156. The Balaban J connectivity index is 1.62. The van der Waals surface area contributed by atoms with Gasteiger partial charge < -0.3 is 19.0 Å². The molecule has 0 spiro atoms. The number of nitrogens with zero attached hydrogens (tertiary/aromatic N) is 2. The van der Waals surface area contributed by atoms with Crippen molar-refractivity contribution < 1.29 is 13.9 Å². The Kier molecular flexibility index (Phi) is 5.55. The smallest absolute Gasteiger partial charge is 0.256 e. The fourth-order valence-electron chi connectivity index (χ4n) is 3.29. The van der Waals surface area contributed by atoms with Crippen LogP contribution in [0.3, 0.4) is 0 Å². The number of carbonyl (C=O) groups excluding carboxylic acids is 1. The van der Waals surface area contributed by atoms with E-state index in [9.17, 15) is 4.79 Å². The van der Waals surface area contributed by atoms with Gasteiger partial charge in [-0.1, -0.05) is 18.2 Å². The molecule has 1 saturated heterocycles. The molecule has 0 atom stereocenters. The zero-order chi connectivity index (χ0) is 18.5. The highest BCUT2D eigenvalue weighted by atomic mass is 32.1. The van der Waals surface area contributed by atoms with Crippen molar-refractivity contribution in [3.63, 3.8) is 0 Å². The molecule has 0 unspecified atom stereocenters. The molecule has 5 nitrogen and oxygen atoms in total. The molecule has 27 heavy (non-hydrogen) atoms. The first kappa shape index (κ1) is 17.8. The quantitative estimate of drug-likeness (QED) is 0.646. The highest BCUT2D eigenvalue weighted by Crippen LogP contribution is 2.25. The highest BCUT2D eigenvalue weighted by Gasteiger charge is 2.23. The zero-order valence-corrected chi connectivity index (χ0v) is 15.9. The van der Waals surface area contributed by atoms with Crippen molar-refractivity contribution in [2.45, 2.75) is 13.1 Å². The van der Waals surface area contributed by atoms with Gasteiger partial charge in [0.25, 0.3) is 5.91 Å². The number of thiophene rings is 1. The number of morpholine rings is 1. The lowest BCUT2D eigenvalue weighted by Gasteiger charge is -2.31. The molecule has 1 fully saturated rings. The molecule has 0 aliphatic carbocycles. The lowest BCUT2D eigenvalue weighted by Crippen LogP contribution is -2.38. The fraction of sp³-hybridized carbons (Fsp3) is 0.286. The Morgan fingerprint density at radius 3 is 2.63 bits per heavy atom. The van der Waals surface area contributed by atoms with Crippen molar-refractivity contribution in [2.24, 2.45) is 0 Å². The number of amides is 1. The lowest BCUT2D eigenvalue weighted by molar-refractivity contribution is 0.0719. The molecule has 0 bridgehead atoms. The maximum Gasteiger partial charge on any atom is 0.256 e. The monoisotopic (exact) mass is 382 g/mol. The number of furan rings is 1. The van der Waals surface area contributed by atoms with Crippen molar-refractivity contribution in [2.75, 3.05) is 31.2 Å². The Morgan fingerprint density at radius 1 is 1.04 bits per heavy atom. The molecule has 2 aromatic heterocycles. The third-order valence-corrected chi connectivity index (χ3v) is 5.49. The second-order valence-electron chi connectivity index (χ2n) is 6.44. The molecule has 0 radical (unpaired) electrons. The van der Waals surface area contributed by atoms with Gasteiger partial charge in [-0.05, 0) is 35.7 Å². The van der Waals surface area contributed by atoms with E-state index in [1.807, 2.05) is 52.7 Å². The number of ether oxygens (including phenoxy) is 1. The molecule has 1 aliphatic rings. The summed E-state index contributed by atoms with van der Waals surface area (Å²) in [7, 11) is 0. The Bertz CT molecular complexity index is 819. The summed E-state index contributed by atoms with van der Waals surface area (Å²) >= 11 is 1.66. The molecule has 6 heteroatoms. The van der Waals surface area contributed by atoms with Crippen molar-refractivity contribution in [1.82, 2.24) is 4.90 Å². The summed E-state index contributed by atoms with van der Waals surface area (Å²) in [5.74, 6) is 0.797. The summed E-state index contributed by atoms with van der Waals surface area (Å²) in [5.41, 5.74) is 1.70. The molecule has 140 valence electrons. The number of para-hydroxylation sites is 1. The largest absolute Gasteiger partial charge is 0.467 e. The molecular weight excluding hydrogens is 360 g/mol. The van der Waals surface area contributed by atoms with Crippen LogP contribution in [0.25, 0.3) is 0 Å². The average Bonchev–Trinajstić information content (AvgIpc) is 3.42. The molecular formula is C21H22N2O3S. The minimum Gasteiger partial charge on any atom is -0.467 e. The third-order valence-electron chi connectivity index (χ3n) is 4.63. The first-order valence-corrected chi connectivity index (χ1v) is 9.95. The van der Waals surface area contributed by atoms with E-state index in [2.05, 4.69) is 11.0 Å². The molecule has 3 aromatic rings. The zero-order valence-electron chi connectivity index (χ0n) is 15.0. The summed E-state index contributed by atoms with van der Waals surface area (Å²) in [6.45, 7) is 3.98. The first-order valence-electron chi connectivity index (χ1n) is 9.07. The summed E-state index contributed by atoms with van der Waals surface area (Å²) in [6.07, 6.45) is 1.64. The predicted octanol–water partition coefficient (Wildman–Crippen LogP) is 4.02. The van der Waals surface area contributed by atoms with E-state index in [0.717, 1.165) is 35.0 Å². The maximum absolute atomic E-state index is 13.5. The summed E-state index contributed by atoms with van der Waals surface area (Å²) in [6, 6.07) is 15.7. The van der Waals surface area contributed by atoms with Crippen LogP contribution in [-0.4, -0.2) is 37.1 Å². The second-order valence-corrected chi connectivity index (χ2v) is 7.47. The van der Waals surface area contributed by atoms with Crippen molar-refractivity contribution in [3.05, 3.63) is 76.4 Å². The van der Waals surface area contributed by atoms with Crippen LogP contribution in [0.2, 0.25) is 0 Å². The van der Waals surface area contributed by atoms with Crippen LogP contribution < -0.4 is 4.90 Å². The van der Waals surface area contributed by atoms with Gasteiger partial charge in [-0.25, -0.2) is 0 Å². The molecule has 1 amide bonds. The molecule has 1 aliphatic heterocycles. The number of hydrogen-bond acceptors (Lipinski definition) is 5. The highest BCUT2D eigenvalue weighted by molar-refractivity contribution is 7.09. The van der Waals surface area contributed by atoms with Crippen LogP contribution in [0.5, 0.6) is 0 Å². The first-order chi connectivity index (χ1) is 13.3. The minimum absolute atomic E-state index is 0.0156. The van der Waals surface area contributed by atoms with Crippen LogP contribution in [-0.2, 0) is 17.8 Å². The van der Waals surface area contributed by atoms with Gasteiger partial charge in [-0.2, -0.15) is 0 Å². The van der Waals surface area contributed by atoms with Gasteiger partial charge in [0.05, 0.1) is 38.1 Å². The van der Waals surface area contributed by atoms with E-state index >= 15 is 0 Å². The number of hydrogen-bond donors (Lipinski definition) is 0. The van der Waals surface area contributed by atoms with Gasteiger partial charge in [0, 0.05) is 23.7 Å². The van der Waals surface area contributed by atoms with Crippen LogP contribution in [0.1, 0.15) is 21.0 Å². The van der Waals surface area contributed by atoms with E-state index in [1.165, 1.54) is 0 Å². The van der Waals surface area contributed by atoms with Crippen molar-refractivity contribution in [1.29, 1.82) is 0 Å². The van der Waals surface area contributed by atoms with E-state index in [-0.39, 0.29) is 5.91 Å². The van der Waals surface area contributed by atoms with Crippen molar-refractivity contribution in [3.8, 4) is 0 Å². The van der Waals surface area contributed by atoms with E-state index in [1.54, 1.807) is 17.6 Å². The van der Waals surface area contributed by atoms with Gasteiger partial charge in [0.1, 0.15) is 5.76 Å². The number of benzene rings is 1. The van der Waals surface area contributed by atoms with Gasteiger partial charge in [-0.3, -0.25) is 4.79 Å². The molecule has 0 N–H and O–H groups in total. The molecule has 0 saturated carbocycles. The van der Waals surface area contributed by atoms with Crippen LogP contribution >= 0.6 is 11.3 Å². The number of anilines is 1. The van der Waals surface area contributed by atoms with Gasteiger partial charge >= 0.3 is 0 Å². The lowest BCUT2D eigenvalue weighted by atomic mass is 10.1. The van der Waals surface area contributed by atoms with E-state index < -0.39 is 0 Å². The van der Waals surface area contributed by atoms with E-state index in [0.29, 0.717) is 26.3 Å². The fourth-order valence-corrected chi connectivity index (χ4v) is 4.01. The SMILES string of the molecule is O=C(c1ccccc1N1CCOCC1)N(Cc1ccco1)Cc1cccs1. The van der Waals surface area contributed by atoms with Gasteiger partial charge in [-0.15, -0.1) is 11.3 Å². The van der Waals surface area contributed by atoms with Gasteiger partial charge in [0.2, 0.25) is 0 Å². The topological polar surface area (TPSA) is 45.9 Å². The molecule has 1 aromatic carbocycles. The average molecular weight is 382 g/mol. The van der Waals surface area contributed by atoms with Crippen LogP contribution in [0, 0.1) is 0 Å². The third kappa shape index (κ3) is 4.23. The molecule has 4 rings (SSSR count). The van der Waals surface area contributed by atoms with E-state index in [4.69, 9.17) is 9.15 Å². The predicted molar refractivity (Wildman–Crippen MR) is 106 cm³/mol. The Morgan fingerprint density at radius 2 is 1.89 bits per heavy atom. The Hall–Kier alpha value is -2.57. The standard InChI is InChI=1S/C21H22N2O3S/c24-21(19-7-1-2-8-20(19)22-9-12-25-13-10-22)23(15-17-5-3-11-26-17)16-18-6-4-14-27-18/h1-8,11,14H,9-10,12-13,15-16H2. The molecule has 3 heterocycles. The number of carbonyl (C=O) groups is 1. The van der Waals surface area contributed by atoms with Crippen LogP contribution in [0.4, 0.5) is 5.69 Å². The maximum atomic E-state index is 13.5. The normalized spacial score (nSPS) is 14.3. The number of rotatable bonds is 6. The second kappa shape index (κ2) is 8.41.